The van der Waals surface area contributed by atoms with Gasteiger partial charge in [-0.2, -0.15) is 0 Å². The van der Waals surface area contributed by atoms with Crippen LogP contribution in [0.2, 0.25) is 5.02 Å². The van der Waals surface area contributed by atoms with E-state index in [0.717, 1.165) is 37.4 Å². The second-order valence-corrected chi connectivity index (χ2v) is 8.56. The molecule has 1 N–H and O–H groups in total. The molecule has 146 valence electrons. The molecule has 0 radical (unpaired) electrons. The lowest BCUT2D eigenvalue weighted by molar-refractivity contribution is 0.103. The second kappa shape index (κ2) is 7.70. The van der Waals surface area contributed by atoms with E-state index in [1.54, 1.807) is 6.07 Å². The fourth-order valence-electron chi connectivity index (χ4n) is 3.41. The minimum absolute atomic E-state index is 0.276. The number of nitrogens with one attached hydrogen (secondary N) is 1. The Bertz CT molecular complexity index is 1040. The van der Waals surface area contributed by atoms with Crippen LogP contribution in [0.25, 0.3) is 10.1 Å². The number of piperazine rings is 1. The molecule has 1 aliphatic rings. The third-order valence-corrected chi connectivity index (χ3v) is 6.78. The highest BCUT2D eigenvalue weighted by Crippen LogP contribution is 2.36. The summed E-state index contributed by atoms with van der Waals surface area (Å²) in [5, 5.41) is 4.01. The molecule has 0 aliphatic carbocycles. The van der Waals surface area contributed by atoms with E-state index < -0.39 is 0 Å². The maximum absolute atomic E-state index is 13.4. The topological polar surface area (TPSA) is 35.6 Å². The first-order valence-corrected chi connectivity index (χ1v) is 10.3. The molecule has 1 saturated heterocycles. The molecule has 0 bridgehead atoms. The first kappa shape index (κ1) is 19.2. The Morgan fingerprint density at radius 1 is 1.14 bits per heavy atom. The Labute approximate surface area is 172 Å². The summed E-state index contributed by atoms with van der Waals surface area (Å²) >= 11 is 7.57. The van der Waals surface area contributed by atoms with Gasteiger partial charge in [0.25, 0.3) is 5.91 Å². The summed E-state index contributed by atoms with van der Waals surface area (Å²) in [6, 6.07) is 10.4. The minimum Gasteiger partial charge on any atom is -0.369 e. The van der Waals surface area contributed by atoms with Crippen LogP contribution in [0.4, 0.5) is 15.8 Å². The van der Waals surface area contributed by atoms with Crippen LogP contribution in [0.1, 0.15) is 15.2 Å². The minimum atomic E-state index is -0.340. The summed E-state index contributed by atoms with van der Waals surface area (Å²) in [7, 11) is 2.13. The number of nitrogens with zero attached hydrogens (tertiary/aromatic N) is 2. The van der Waals surface area contributed by atoms with E-state index in [1.165, 1.54) is 29.2 Å². The van der Waals surface area contributed by atoms with Crippen molar-refractivity contribution in [1.29, 1.82) is 0 Å². The molecule has 2 aromatic carbocycles. The predicted molar refractivity (Wildman–Crippen MR) is 116 cm³/mol. The van der Waals surface area contributed by atoms with Gasteiger partial charge in [-0.3, -0.25) is 4.79 Å². The maximum Gasteiger partial charge on any atom is 0.267 e. The van der Waals surface area contributed by atoms with Crippen molar-refractivity contribution < 1.29 is 9.18 Å². The number of hydrogen-bond donors (Lipinski definition) is 1. The summed E-state index contributed by atoms with van der Waals surface area (Å²) in [4.78, 5) is 17.8. The SMILES string of the molecule is Cc1cc(N2CCN(C)CC2)ccc1NC(=O)c1sc2cc(F)ccc2c1Cl. The van der Waals surface area contributed by atoms with Crippen LogP contribution < -0.4 is 10.2 Å². The first-order chi connectivity index (χ1) is 13.4. The number of fused-ring (bicyclic) bond motifs is 1. The lowest BCUT2D eigenvalue weighted by Gasteiger charge is -2.34. The van der Waals surface area contributed by atoms with Gasteiger partial charge in [0.15, 0.2) is 0 Å². The zero-order chi connectivity index (χ0) is 19.8. The number of rotatable bonds is 3. The van der Waals surface area contributed by atoms with Crippen molar-refractivity contribution in [2.24, 2.45) is 0 Å². The Kier molecular flexibility index (Phi) is 5.27. The molecule has 28 heavy (non-hydrogen) atoms. The van der Waals surface area contributed by atoms with Crippen LogP contribution in [-0.4, -0.2) is 44.0 Å². The van der Waals surface area contributed by atoms with Gasteiger partial charge in [-0.05, 0) is 55.9 Å². The van der Waals surface area contributed by atoms with Gasteiger partial charge in [-0.25, -0.2) is 4.39 Å². The molecule has 1 amide bonds. The quantitative estimate of drug-likeness (QED) is 0.650. The molecular weight excluding hydrogens is 397 g/mol. The van der Waals surface area contributed by atoms with E-state index in [2.05, 4.69) is 28.2 Å². The second-order valence-electron chi connectivity index (χ2n) is 7.13. The number of hydrogen-bond acceptors (Lipinski definition) is 4. The fraction of sp³-hybridized carbons (Fsp3) is 0.286. The molecule has 7 heteroatoms. The number of likely N-dealkylation sites (N-methyl/N-ethyl adjacent to an activating group) is 1. The lowest BCUT2D eigenvalue weighted by Crippen LogP contribution is -2.44. The standard InChI is InChI=1S/C21H21ClFN3OS/c1-13-11-15(26-9-7-25(2)8-10-26)4-6-17(13)24-21(27)20-19(22)16-5-3-14(23)12-18(16)28-20/h3-6,11-12H,7-10H2,1-2H3,(H,24,27). The Hall–Kier alpha value is -2.15. The predicted octanol–water partition coefficient (Wildman–Crippen LogP) is 5.01. The highest BCUT2D eigenvalue weighted by molar-refractivity contribution is 7.21. The number of halogens is 2. The number of benzene rings is 2. The Morgan fingerprint density at radius 2 is 1.89 bits per heavy atom. The average molecular weight is 418 g/mol. The number of carbonyl (C=O) groups excluding carboxylic acids is 1. The largest absolute Gasteiger partial charge is 0.369 e. The van der Waals surface area contributed by atoms with Gasteiger partial charge in [0.05, 0.1) is 5.02 Å². The van der Waals surface area contributed by atoms with Gasteiger partial charge in [-0.1, -0.05) is 11.6 Å². The van der Waals surface area contributed by atoms with Crippen molar-refractivity contribution >= 4 is 50.3 Å². The number of anilines is 2. The van der Waals surface area contributed by atoms with Crippen molar-refractivity contribution in [1.82, 2.24) is 4.90 Å². The van der Waals surface area contributed by atoms with Crippen LogP contribution in [0.3, 0.4) is 0 Å². The zero-order valence-corrected chi connectivity index (χ0v) is 17.3. The summed E-state index contributed by atoms with van der Waals surface area (Å²) in [5.41, 5.74) is 2.91. The Balaban J connectivity index is 1.54. The molecule has 0 saturated carbocycles. The van der Waals surface area contributed by atoms with Crippen LogP contribution in [-0.2, 0) is 0 Å². The lowest BCUT2D eigenvalue weighted by atomic mass is 10.1. The van der Waals surface area contributed by atoms with E-state index in [-0.39, 0.29) is 11.7 Å². The zero-order valence-electron chi connectivity index (χ0n) is 15.8. The fourth-order valence-corrected chi connectivity index (χ4v) is 4.85. The smallest absolute Gasteiger partial charge is 0.267 e. The van der Waals surface area contributed by atoms with Gasteiger partial charge in [0.2, 0.25) is 0 Å². The van der Waals surface area contributed by atoms with Crippen molar-refractivity contribution in [2.45, 2.75) is 6.92 Å². The molecule has 1 fully saturated rings. The van der Waals surface area contributed by atoms with Crippen LogP contribution >= 0.6 is 22.9 Å². The van der Waals surface area contributed by atoms with Gasteiger partial charge in [-0.15, -0.1) is 11.3 Å². The highest BCUT2D eigenvalue weighted by Gasteiger charge is 2.19. The first-order valence-electron chi connectivity index (χ1n) is 9.15. The van der Waals surface area contributed by atoms with Crippen LogP contribution in [0.15, 0.2) is 36.4 Å². The van der Waals surface area contributed by atoms with Crippen molar-refractivity contribution in [2.75, 3.05) is 43.4 Å². The highest BCUT2D eigenvalue weighted by atomic mass is 35.5. The van der Waals surface area contributed by atoms with Crippen molar-refractivity contribution in [3.05, 3.63) is 57.7 Å². The average Bonchev–Trinajstić information content (AvgIpc) is 3.00. The van der Waals surface area contributed by atoms with Gasteiger partial charge in [0, 0.05) is 47.6 Å². The molecule has 0 unspecified atom stereocenters. The maximum atomic E-state index is 13.4. The van der Waals surface area contributed by atoms with Crippen LogP contribution in [0, 0.1) is 12.7 Å². The normalized spacial score (nSPS) is 15.2. The molecule has 2 heterocycles. The van der Waals surface area contributed by atoms with E-state index in [4.69, 9.17) is 11.6 Å². The summed E-state index contributed by atoms with van der Waals surface area (Å²) < 4.78 is 14.1. The molecule has 4 nitrogen and oxygen atoms in total. The van der Waals surface area contributed by atoms with E-state index in [0.29, 0.717) is 20.0 Å². The van der Waals surface area contributed by atoms with Crippen LogP contribution in [0.5, 0.6) is 0 Å². The van der Waals surface area contributed by atoms with E-state index >= 15 is 0 Å². The number of carbonyl (C=O) groups is 1. The third kappa shape index (κ3) is 3.72. The molecule has 0 spiro atoms. The summed E-state index contributed by atoms with van der Waals surface area (Å²) in [6.45, 7) is 6.06. The molecule has 3 aromatic rings. The summed E-state index contributed by atoms with van der Waals surface area (Å²) in [6.07, 6.45) is 0. The molecule has 4 rings (SSSR count). The van der Waals surface area contributed by atoms with Gasteiger partial charge in [0.1, 0.15) is 10.7 Å². The number of amides is 1. The molecular formula is C21H21ClFN3OS. The number of aryl methyl sites for hydroxylation is 1. The van der Waals surface area contributed by atoms with Crippen molar-refractivity contribution in [3.63, 3.8) is 0 Å². The van der Waals surface area contributed by atoms with Gasteiger partial charge >= 0.3 is 0 Å². The Morgan fingerprint density at radius 3 is 2.61 bits per heavy atom. The molecule has 1 aliphatic heterocycles. The molecule has 1 aromatic heterocycles. The van der Waals surface area contributed by atoms with E-state index in [1.807, 2.05) is 19.1 Å². The summed E-state index contributed by atoms with van der Waals surface area (Å²) in [5.74, 6) is -0.616. The van der Waals surface area contributed by atoms with Gasteiger partial charge < -0.3 is 15.1 Å². The number of thiophene rings is 1. The monoisotopic (exact) mass is 417 g/mol. The van der Waals surface area contributed by atoms with E-state index in [9.17, 15) is 9.18 Å². The third-order valence-electron chi connectivity index (χ3n) is 5.12. The van der Waals surface area contributed by atoms with Crippen molar-refractivity contribution in [3.8, 4) is 0 Å². The molecule has 0 atom stereocenters.